The van der Waals surface area contributed by atoms with Crippen LogP contribution in [-0.4, -0.2) is 17.6 Å². The highest BCUT2D eigenvalue weighted by Crippen LogP contribution is 2.41. The average molecular weight is 331 g/mol. The smallest absolute Gasteiger partial charge is 0.101 e. The molecule has 1 rings (SSSR count). The summed E-state index contributed by atoms with van der Waals surface area (Å²) in [7, 11) is 0. The Bertz CT molecular complexity index is 291. The van der Waals surface area contributed by atoms with Crippen molar-refractivity contribution in [1.29, 1.82) is 0 Å². The van der Waals surface area contributed by atoms with Crippen molar-refractivity contribution in [2.75, 3.05) is 5.88 Å². The van der Waals surface area contributed by atoms with Gasteiger partial charge < -0.3 is 4.74 Å². The molecule has 1 nitrogen and oxygen atoms in total. The molecule has 0 spiro atoms. The summed E-state index contributed by atoms with van der Waals surface area (Å²) in [4.78, 5) is 0. The lowest BCUT2D eigenvalue weighted by Crippen LogP contribution is -2.11. The lowest BCUT2D eigenvalue weighted by molar-refractivity contribution is 0.286. The molecule has 1 heterocycles. The highest BCUT2D eigenvalue weighted by molar-refractivity contribution is 6.18. The number of hydrogen-bond donors (Lipinski definition) is 0. The van der Waals surface area contributed by atoms with Gasteiger partial charge in [0.15, 0.2) is 0 Å². The normalized spacial score (nSPS) is 27.1. The second kappa shape index (κ2) is 10.2. The second-order valence-electron chi connectivity index (χ2n) is 8.43. The minimum absolute atomic E-state index is 0.104. The van der Waals surface area contributed by atoms with Crippen LogP contribution in [0.25, 0.3) is 0 Å². The Balaban J connectivity index is 1.96. The second-order valence-corrected chi connectivity index (χ2v) is 8.74. The Morgan fingerprint density at radius 1 is 0.864 bits per heavy atom. The third-order valence-electron chi connectivity index (χ3n) is 5.42. The summed E-state index contributed by atoms with van der Waals surface area (Å²) in [5.41, 5.74) is 0.104. The van der Waals surface area contributed by atoms with Crippen LogP contribution in [-0.2, 0) is 4.74 Å². The van der Waals surface area contributed by atoms with Crippen molar-refractivity contribution < 1.29 is 4.74 Å². The molecule has 0 amide bonds. The minimum Gasteiger partial charge on any atom is -0.365 e. The number of epoxide rings is 1. The van der Waals surface area contributed by atoms with Gasteiger partial charge in [0.05, 0.1) is 11.5 Å². The number of rotatable bonds is 13. The lowest BCUT2D eigenvalue weighted by Gasteiger charge is -2.15. The highest BCUT2D eigenvalue weighted by atomic mass is 35.5. The SMILES string of the molecule is CC(C)CCC[C@@H](C)CCC[C@@H](C)CCC[C@@]1(C)O[C@@H]1CCl. The molecular weight excluding hydrogens is 292 g/mol. The maximum absolute atomic E-state index is 5.85. The molecule has 2 heteroatoms. The first-order chi connectivity index (χ1) is 10.4. The first-order valence-electron chi connectivity index (χ1n) is 9.61. The van der Waals surface area contributed by atoms with Crippen LogP contribution >= 0.6 is 11.6 Å². The zero-order valence-corrected chi connectivity index (χ0v) is 16.4. The fraction of sp³-hybridized carbons (Fsp3) is 1.00. The van der Waals surface area contributed by atoms with Crippen molar-refractivity contribution in [3.8, 4) is 0 Å². The molecule has 1 saturated heterocycles. The van der Waals surface area contributed by atoms with Gasteiger partial charge in [0.25, 0.3) is 0 Å². The van der Waals surface area contributed by atoms with E-state index in [2.05, 4.69) is 34.6 Å². The number of hydrogen-bond acceptors (Lipinski definition) is 1. The Labute approximate surface area is 144 Å². The molecule has 0 unspecified atom stereocenters. The molecule has 132 valence electrons. The van der Waals surface area contributed by atoms with Gasteiger partial charge in [0.1, 0.15) is 6.10 Å². The van der Waals surface area contributed by atoms with Crippen LogP contribution in [0, 0.1) is 17.8 Å². The molecule has 1 aliphatic rings. The van der Waals surface area contributed by atoms with E-state index in [1.165, 1.54) is 57.8 Å². The molecule has 0 radical (unpaired) electrons. The molecule has 0 aromatic rings. The van der Waals surface area contributed by atoms with E-state index in [-0.39, 0.29) is 5.60 Å². The van der Waals surface area contributed by atoms with Gasteiger partial charge >= 0.3 is 0 Å². The van der Waals surface area contributed by atoms with Crippen molar-refractivity contribution in [3.05, 3.63) is 0 Å². The van der Waals surface area contributed by atoms with E-state index in [1.807, 2.05) is 0 Å². The zero-order chi connectivity index (χ0) is 16.6. The van der Waals surface area contributed by atoms with Crippen molar-refractivity contribution in [3.63, 3.8) is 0 Å². The van der Waals surface area contributed by atoms with Gasteiger partial charge in [0, 0.05) is 0 Å². The summed E-state index contributed by atoms with van der Waals surface area (Å²) in [6, 6.07) is 0. The molecule has 0 aliphatic carbocycles. The summed E-state index contributed by atoms with van der Waals surface area (Å²) in [6.07, 6.45) is 12.6. The zero-order valence-electron chi connectivity index (χ0n) is 15.7. The molecule has 22 heavy (non-hydrogen) atoms. The first kappa shape index (κ1) is 20.3. The summed E-state index contributed by atoms with van der Waals surface area (Å²) < 4.78 is 5.67. The summed E-state index contributed by atoms with van der Waals surface area (Å²) in [5.74, 6) is 3.29. The van der Waals surface area contributed by atoms with Crippen LogP contribution in [0.15, 0.2) is 0 Å². The van der Waals surface area contributed by atoms with Gasteiger partial charge in [-0.05, 0) is 31.1 Å². The topological polar surface area (TPSA) is 12.5 Å². The van der Waals surface area contributed by atoms with Crippen molar-refractivity contribution in [1.82, 2.24) is 0 Å². The van der Waals surface area contributed by atoms with E-state index in [0.717, 1.165) is 17.8 Å². The minimum atomic E-state index is 0.104. The standard InChI is InChI=1S/C20H39ClO/c1-16(2)9-6-10-17(3)11-7-12-18(4)13-8-14-20(5)19(15-21)22-20/h16-19H,6-15H2,1-5H3/t17-,18-,19-,20-/m1/s1. The molecule has 0 saturated carbocycles. The summed E-state index contributed by atoms with van der Waals surface area (Å²) in [6.45, 7) is 11.7. The highest BCUT2D eigenvalue weighted by Gasteiger charge is 2.50. The molecular formula is C20H39ClO. The van der Waals surface area contributed by atoms with Crippen LogP contribution in [0.1, 0.15) is 92.4 Å². The Morgan fingerprint density at radius 3 is 1.82 bits per heavy atom. The van der Waals surface area contributed by atoms with Crippen LogP contribution in [0.2, 0.25) is 0 Å². The summed E-state index contributed by atoms with van der Waals surface area (Å²) >= 11 is 5.85. The van der Waals surface area contributed by atoms with Crippen LogP contribution in [0.5, 0.6) is 0 Å². The van der Waals surface area contributed by atoms with E-state index < -0.39 is 0 Å². The lowest BCUT2D eigenvalue weighted by atomic mass is 9.91. The van der Waals surface area contributed by atoms with Gasteiger partial charge in [-0.2, -0.15) is 0 Å². The van der Waals surface area contributed by atoms with Crippen LogP contribution in [0.3, 0.4) is 0 Å². The van der Waals surface area contributed by atoms with E-state index in [1.54, 1.807) is 0 Å². The molecule has 0 bridgehead atoms. The predicted molar refractivity (Wildman–Crippen MR) is 98.7 cm³/mol. The molecule has 0 N–H and O–H groups in total. The van der Waals surface area contributed by atoms with Crippen LogP contribution < -0.4 is 0 Å². The molecule has 0 aromatic carbocycles. The van der Waals surface area contributed by atoms with Gasteiger partial charge in [0.2, 0.25) is 0 Å². The number of ether oxygens (including phenoxy) is 1. The average Bonchev–Trinajstić information content (AvgIpc) is 3.09. The quantitative estimate of drug-likeness (QED) is 0.266. The third-order valence-corrected chi connectivity index (χ3v) is 5.70. The Hall–Kier alpha value is 0.250. The van der Waals surface area contributed by atoms with Crippen molar-refractivity contribution >= 4 is 11.6 Å². The van der Waals surface area contributed by atoms with Gasteiger partial charge in [-0.1, -0.05) is 79.1 Å². The third kappa shape index (κ3) is 8.20. The van der Waals surface area contributed by atoms with E-state index in [4.69, 9.17) is 16.3 Å². The predicted octanol–water partition coefficient (Wildman–Crippen LogP) is 6.82. The van der Waals surface area contributed by atoms with E-state index >= 15 is 0 Å². The maximum Gasteiger partial charge on any atom is 0.101 e. The van der Waals surface area contributed by atoms with Gasteiger partial charge in [-0.3, -0.25) is 0 Å². The number of halogens is 1. The molecule has 0 aromatic heterocycles. The molecule has 1 fully saturated rings. The fourth-order valence-electron chi connectivity index (χ4n) is 3.49. The monoisotopic (exact) mass is 330 g/mol. The van der Waals surface area contributed by atoms with Gasteiger partial charge in [-0.15, -0.1) is 11.6 Å². The van der Waals surface area contributed by atoms with E-state index in [0.29, 0.717) is 12.0 Å². The first-order valence-corrected chi connectivity index (χ1v) is 10.1. The largest absolute Gasteiger partial charge is 0.365 e. The Kier molecular flexibility index (Phi) is 9.40. The Morgan fingerprint density at radius 2 is 1.36 bits per heavy atom. The van der Waals surface area contributed by atoms with E-state index in [9.17, 15) is 0 Å². The maximum atomic E-state index is 5.85. The van der Waals surface area contributed by atoms with Gasteiger partial charge in [-0.25, -0.2) is 0 Å². The van der Waals surface area contributed by atoms with Crippen molar-refractivity contribution in [2.45, 2.75) is 104 Å². The fourth-order valence-corrected chi connectivity index (χ4v) is 3.87. The summed E-state index contributed by atoms with van der Waals surface area (Å²) in [5, 5.41) is 0. The molecule has 4 atom stereocenters. The van der Waals surface area contributed by atoms with Crippen molar-refractivity contribution in [2.24, 2.45) is 17.8 Å². The number of alkyl halides is 1. The molecule has 1 aliphatic heterocycles. The van der Waals surface area contributed by atoms with Crippen LogP contribution in [0.4, 0.5) is 0 Å².